The minimum atomic E-state index is -0.0748. The van der Waals surface area contributed by atoms with Gasteiger partial charge in [0.25, 0.3) is 0 Å². The van der Waals surface area contributed by atoms with Crippen LogP contribution >= 0.6 is 11.8 Å². The molecule has 0 bridgehead atoms. The van der Waals surface area contributed by atoms with E-state index >= 15 is 0 Å². The summed E-state index contributed by atoms with van der Waals surface area (Å²) in [5.74, 6) is 0.174. The van der Waals surface area contributed by atoms with Crippen LogP contribution in [-0.4, -0.2) is 51.6 Å². The summed E-state index contributed by atoms with van der Waals surface area (Å²) >= 11 is 1.30. The second kappa shape index (κ2) is 8.07. The van der Waals surface area contributed by atoms with Crippen LogP contribution in [0.15, 0.2) is 23.4 Å². The van der Waals surface area contributed by atoms with Crippen LogP contribution in [0.2, 0.25) is 0 Å². The number of tetrazole rings is 1. The number of carbonyl (C=O) groups is 1. The topological polar surface area (TPSA) is 81.9 Å². The Hall–Kier alpha value is -1.93. The molecule has 0 spiro atoms. The fraction of sp³-hybridized carbons (Fsp3) is 0.467. The lowest BCUT2D eigenvalue weighted by molar-refractivity contribution is -0.119. The van der Waals surface area contributed by atoms with Crippen LogP contribution in [0, 0.1) is 13.8 Å². The van der Waals surface area contributed by atoms with Gasteiger partial charge in [0.1, 0.15) is 0 Å². The van der Waals surface area contributed by atoms with Gasteiger partial charge in [0.2, 0.25) is 11.1 Å². The molecular formula is C15H21N5O2S. The number of ether oxygens (including phenoxy) is 1. The molecular weight excluding hydrogens is 314 g/mol. The van der Waals surface area contributed by atoms with E-state index < -0.39 is 0 Å². The molecule has 2 rings (SSSR count). The Kier molecular flexibility index (Phi) is 6.12. The number of aromatic nitrogens is 4. The zero-order valence-electron chi connectivity index (χ0n) is 13.7. The molecule has 1 aromatic carbocycles. The van der Waals surface area contributed by atoms with E-state index in [0.717, 1.165) is 5.69 Å². The number of nitrogens with zero attached hydrogens (tertiary/aromatic N) is 4. The summed E-state index contributed by atoms with van der Waals surface area (Å²) in [7, 11) is 1.61. The second-order valence-corrected chi connectivity index (χ2v) is 6.30. The van der Waals surface area contributed by atoms with Gasteiger partial charge in [0.15, 0.2) is 0 Å². The average Bonchev–Trinajstić information content (AvgIpc) is 2.96. The summed E-state index contributed by atoms with van der Waals surface area (Å²) in [6.07, 6.45) is 0. The number of benzene rings is 1. The van der Waals surface area contributed by atoms with Crippen LogP contribution < -0.4 is 5.32 Å². The van der Waals surface area contributed by atoms with E-state index in [1.807, 2.05) is 32.0 Å². The second-order valence-electron chi connectivity index (χ2n) is 5.35. The van der Waals surface area contributed by atoms with E-state index in [1.54, 1.807) is 11.8 Å². The fourth-order valence-electron chi connectivity index (χ4n) is 2.03. The minimum Gasteiger partial charge on any atom is -0.383 e. The molecule has 0 fully saturated rings. The van der Waals surface area contributed by atoms with Gasteiger partial charge in [-0.15, -0.1) is 5.10 Å². The van der Waals surface area contributed by atoms with E-state index in [1.165, 1.54) is 22.9 Å². The average molecular weight is 335 g/mol. The van der Waals surface area contributed by atoms with Gasteiger partial charge in [-0.05, 0) is 54.5 Å². The first kappa shape index (κ1) is 17.4. The highest BCUT2D eigenvalue weighted by Crippen LogP contribution is 2.19. The molecule has 1 heterocycles. The molecule has 1 N–H and O–H groups in total. The Morgan fingerprint density at radius 2 is 2.17 bits per heavy atom. The van der Waals surface area contributed by atoms with Crippen LogP contribution in [0.5, 0.6) is 0 Å². The fourth-order valence-corrected chi connectivity index (χ4v) is 2.73. The van der Waals surface area contributed by atoms with Crippen LogP contribution in [0.25, 0.3) is 5.69 Å². The van der Waals surface area contributed by atoms with Gasteiger partial charge >= 0.3 is 0 Å². The summed E-state index contributed by atoms with van der Waals surface area (Å²) in [5, 5.41) is 15.2. The molecule has 2 aromatic rings. The molecule has 0 aliphatic heterocycles. The Morgan fingerprint density at radius 3 is 2.87 bits per heavy atom. The number of amides is 1. The number of hydrogen-bond acceptors (Lipinski definition) is 6. The normalized spacial score (nSPS) is 12.2. The van der Waals surface area contributed by atoms with Gasteiger partial charge in [-0.2, -0.15) is 4.68 Å². The van der Waals surface area contributed by atoms with E-state index in [9.17, 15) is 4.79 Å². The predicted octanol–water partition coefficient (Wildman–Crippen LogP) is 1.52. The Morgan fingerprint density at radius 1 is 1.39 bits per heavy atom. The van der Waals surface area contributed by atoms with Crippen molar-refractivity contribution < 1.29 is 9.53 Å². The first-order chi connectivity index (χ1) is 11.0. The molecule has 0 unspecified atom stereocenters. The number of aryl methyl sites for hydroxylation is 2. The number of nitrogens with one attached hydrogen (secondary N) is 1. The molecule has 1 amide bonds. The van der Waals surface area contributed by atoms with E-state index in [-0.39, 0.29) is 17.7 Å². The smallest absolute Gasteiger partial charge is 0.230 e. The molecule has 0 aliphatic carbocycles. The largest absolute Gasteiger partial charge is 0.383 e. The summed E-state index contributed by atoms with van der Waals surface area (Å²) < 4.78 is 6.64. The number of methoxy groups -OCH3 is 1. The van der Waals surface area contributed by atoms with Gasteiger partial charge < -0.3 is 10.1 Å². The molecule has 1 aromatic heterocycles. The van der Waals surface area contributed by atoms with Gasteiger partial charge in [-0.25, -0.2) is 0 Å². The van der Waals surface area contributed by atoms with Crippen molar-refractivity contribution in [2.45, 2.75) is 32.0 Å². The van der Waals surface area contributed by atoms with Crippen LogP contribution in [0.3, 0.4) is 0 Å². The minimum absolute atomic E-state index is 0.0242. The number of rotatable bonds is 7. The third kappa shape index (κ3) is 4.77. The maximum atomic E-state index is 11.9. The number of thioether (sulfide) groups is 1. The predicted molar refractivity (Wildman–Crippen MR) is 88.8 cm³/mol. The van der Waals surface area contributed by atoms with Gasteiger partial charge in [0, 0.05) is 13.2 Å². The van der Waals surface area contributed by atoms with Crippen molar-refractivity contribution in [2.24, 2.45) is 0 Å². The lowest BCUT2D eigenvalue weighted by atomic mass is 10.1. The molecule has 1 atom stereocenters. The molecule has 8 heteroatoms. The van der Waals surface area contributed by atoms with Crippen molar-refractivity contribution in [2.75, 3.05) is 19.5 Å². The Balaban J connectivity index is 2.01. The standard InChI is InChI=1S/C15H21N5O2S/c1-10-5-6-13(7-11(10)2)20-15(17-18-19-20)23-9-14(21)16-12(3)8-22-4/h5-7,12H,8-9H2,1-4H3,(H,16,21)/t12-/m1/s1. The van der Waals surface area contributed by atoms with Crippen molar-refractivity contribution in [3.8, 4) is 5.69 Å². The number of carbonyl (C=O) groups excluding carboxylic acids is 1. The number of hydrogen-bond donors (Lipinski definition) is 1. The molecule has 0 aliphatic rings. The molecule has 124 valence electrons. The summed E-state index contributed by atoms with van der Waals surface area (Å²) in [5.41, 5.74) is 3.26. The Labute approximate surface area is 139 Å². The third-order valence-electron chi connectivity index (χ3n) is 3.33. The van der Waals surface area contributed by atoms with Crippen molar-refractivity contribution in [3.63, 3.8) is 0 Å². The molecule has 23 heavy (non-hydrogen) atoms. The van der Waals surface area contributed by atoms with Crippen molar-refractivity contribution >= 4 is 17.7 Å². The zero-order valence-corrected chi connectivity index (χ0v) is 14.6. The summed E-state index contributed by atoms with van der Waals surface area (Å²) in [4.78, 5) is 11.9. The van der Waals surface area contributed by atoms with E-state index in [2.05, 4.69) is 27.8 Å². The van der Waals surface area contributed by atoms with Gasteiger partial charge in [0.05, 0.1) is 18.0 Å². The van der Waals surface area contributed by atoms with Crippen molar-refractivity contribution in [1.82, 2.24) is 25.5 Å². The first-order valence-electron chi connectivity index (χ1n) is 7.28. The maximum absolute atomic E-state index is 11.9. The summed E-state index contributed by atoms with van der Waals surface area (Å²) in [6, 6.07) is 5.99. The quantitative estimate of drug-likeness (QED) is 0.773. The summed E-state index contributed by atoms with van der Waals surface area (Å²) in [6.45, 7) is 6.47. The van der Waals surface area contributed by atoms with Gasteiger partial charge in [-0.1, -0.05) is 17.8 Å². The van der Waals surface area contributed by atoms with E-state index in [0.29, 0.717) is 11.8 Å². The van der Waals surface area contributed by atoms with Crippen LogP contribution in [0.4, 0.5) is 0 Å². The lowest BCUT2D eigenvalue weighted by Crippen LogP contribution is -2.36. The van der Waals surface area contributed by atoms with Crippen molar-refractivity contribution in [1.29, 1.82) is 0 Å². The highest BCUT2D eigenvalue weighted by molar-refractivity contribution is 7.99. The molecule has 7 nitrogen and oxygen atoms in total. The SMILES string of the molecule is COC[C@@H](C)NC(=O)CSc1nnnn1-c1ccc(C)c(C)c1. The van der Waals surface area contributed by atoms with E-state index in [4.69, 9.17) is 4.74 Å². The lowest BCUT2D eigenvalue weighted by Gasteiger charge is -2.12. The monoisotopic (exact) mass is 335 g/mol. The molecule has 0 saturated heterocycles. The molecule has 0 radical (unpaired) electrons. The highest BCUT2D eigenvalue weighted by atomic mass is 32.2. The third-order valence-corrected chi connectivity index (χ3v) is 4.25. The van der Waals surface area contributed by atoms with Crippen LogP contribution in [0.1, 0.15) is 18.1 Å². The highest BCUT2D eigenvalue weighted by Gasteiger charge is 2.13. The zero-order chi connectivity index (χ0) is 16.8. The van der Waals surface area contributed by atoms with Gasteiger partial charge in [-0.3, -0.25) is 4.79 Å². The van der Waals surface area contributed by atoms with Crippen LogP contribution in [-0.2, 0) is 9.53 Å². The Bertz CT molecular complexity index is 674. The molecule has 0 saturated carbocycles. The first-order valence-corrected chi connectivity index (χ1v) is 8.27. The maximum Gasteiger partial charge on any atom is 0.230 e. The van der Waals surface area contributed by atoms with Crippen molar-refractivity contribution in [3.05, 3.63) is 29.3 Å².